The van der Waals surface area contributed by atoms with E-state index in [2.05, 4.69) is 34.6 Å². The third-order valence-corrected chi connectivity index (χ3v) is 2.77. The molecule has 0 amide bonds. The van der Waals surface area contributed by atoms with Crippen LogP contribution in [-0.2, 0) is 6.42 Å². The smallest absolute Gasteiger partial charge is 0.202 e. The van der Waals surface area contributed by atoms with Crippen LogP contribution in [0.1, 0.15) is 5.56 Å². The van der Waals surface area contributed by atoms with Crippen molar-refractivity contribution in [3.05, 3.63) is 29.8 Å². The predicted octanol–water partition coefficient (Wildman–Crippen LogP) is 1.34. The molecular weight excluding hydrogens is 220 g/mol. The third kappa shape index (κ3) is 4.24. The molecule has 0 aliphatic rings. The zero-order chi connectivity index (χ0) is 11.8. The summed E-state index contributed by atoms with van der Waals surface area (Å²) in [6, 6.07) is 8.33. The molecule has 0 aliphatic carbocycles. The summed E-state index contributed by atoms with van der Waals surface area (Å²) in [5.74, 6) is 0.170. The van der Waals surface area contributed by atoms with Crippen LogP contribution in [0.15, 0.2) is 34.2 Å². The van der Waals surface area contributed by atoms with Gasteiger partial charge in [-0.3, -0.25) is 10.3 Å². The lowest BCUT2D eigenvalue weighted by molar-refractivity contribution is 0.952. The van der Waals surface area contributed by atoms with E-state index in [4.69, 9.17) is 11.0 Å². The zero-order valence-corrected chi connectivity index (χ0v) is 9.92. The molecule has 0 aromatic heterocycles. The van der Waals surface area contributed by atoms with Gasteiger partial charge in [-0.2, -0.15) is 5.26 Å². The summed E-state index contributed by atoms with van der Waals surface area (Å²) in [4.78, 5) is 5.26. The maximum absolute atomic E-state index is 8.29. The van der Waals surface area contributed by atoms with Crippen LogP contribution in [0, 0.1) is 11.5 Å². The average molecular weight is 234 g/mol. The van der Waals surface area contributed by atoms with Crippen LogP contribution in [0.5, 0.6) is 0 Å². The quantitative estimate of drug-likeness (QED) is 0.271. The van der Waals surface area contributed by atoms with Gasteiger partial charge in [-0.25, -0.2) is 0 Å². The normalized spacial score (nSPS) is 10.9. The van der Waals surface area contributed by atoms with Crippen LogP contribution in [0.2, 0.25) is 0 Å². The molecule has 0 saturated heterocycles. The number of guanidine groups is 1. The Bertz CT molecular complexity index is 391. The van der Waals surface area contributed by atoms with Gasteiger partial charge in [0.1, 0.15) is 0 Å². The first kappa shape index (κ1) is 12.4. The number of benzene rings is 1. The van der Waals surface area contributed by atoms with E-state index < -0.39 is 0 Å². The summed E-state index contributed by atoms with van der Waals surface area (Å²) in [5.41, 5.74) is 6.62. The first-order chi connectivity index (χ1) is 7.76. The summed E-state index contributed by atoms with van der Waals surface area (Å²) < 4.78 is 0. The molecule has 16 heavy (non-hydrogen) atoms. The molecule has 0 heterocycles. The van der Waals surface area contributed by atoms with Gasteiger partial charge in [-0.05, 0) is 30.4 Å². The van der Waals surface area contributed by atoms with Gasteiger partial charge in [0, 0.05) is 11.4 Å². The van der Waals surface area contributed by atoms with E-state index in [1.807, 2.05) is 6.26 Å². The van der Waals surface area contributed by atoms with Gasteiger partial charge in [-0.1, -0.05) is 12.1 Å². The second-order valence-electron chi connectivity index (χ2n) is 3.10. The van der Waals surface area contributed by atoms with Gasteiger partial charge in [0.15, 0.2) is 6.19 Å². The Morgan fingerprint density at radius 3 is 2.75 bits per heavy atom. The highest BCUT2D eigenvalue weighted by Gasteiger charge is 1.94. The van der Waals surface area contributed by atoms with E-state index in [-0.39, 0.29) is 5.96 Å². The minimum atomic E-state index is 0.170. The van der Waals surface area contributed by atoms with Crippen LogP contribution < -0.4 is 11.1 Å². The van der Waals surface area contributed by atoms with E-state index in [9.17, 15) is 0 Å². The van der Waals surface area contributed by atoms with Gasteiger partial charge < -0.3 is 5.73 Å². The Morgan fingerprint density at radius 2 is 2.19 bits per heavy atom. The van der Waals surface area contributed by atoms with Crippen molar-refractivity contribution >= 4 is 17.7 Å². The van der Waals surface area contributed by atoms with Crippen LogP contribution in [0.4, 0.5) is 0 Å². The molecule has 4 nitrogen and oxygen atoms in total. The lowest BCUT2D eigenvalue weighted by Crippen LogP contribution is -2.27. The van der Waals surface area contributed by atoms with E-state index in [0.29, 0.717) is 6.54 Å². The molecule has 1 aromatic rings. The lowest BCUT2D eigenvalue weighted by Gasteiger charge is -2.01. The van der Waals surface area contributed by atoms with Crippen LogP contribution in [-0.4, -0.2) is 18.8 Å². The van der Waals surface area contributed by atoms with Gasteiger partial charge >= 0.3 is 0 Å². The van der Waals surface area contributed by atoms with Gasteiger partial charge in [0.25, 0.3) is 0 Å². The van der Waals surface area contributed by atoms with Crippen molar-refractivity contribution in [3.8, 4) is 6.19 Å². The van der Waals surface area contributed by atoms with Crippen molar-refractivity contribution in [2.75, 3.05) is 12.8 Å². The fraction of sp³-hybridized carbons (Fsp3) is 0.273. The summed E-state index contributed by atoms with van der Waals surface area (Å²) in [5, 5.41) is 10.6. The molecule has 0 bridgehead atoms. The number of rotatable bonds is 4. The molecule has 84 valence electrons. The Labute approximate surface area is 99.6 Å². The molecule has 1 aromatic carbocycles. The number of hydrogen-bond acceptors (Lipinski definition) is 3. The van der Waals surface area contributed by atoms with Crippen molar-refractivity contribution in [2.45, 2.75) is 11.3 Å². The molecule has 0 unspecified atom stereocenters. The topological polar surface area (TPSA) is 74.2 Å². The molecule has 0 aliphatic heterocycles. The number of aliphatic imine (C=N–C) groups is 1. The molecule has 0 atom stereocenters. The fourth-order valence-corrected chi connectivity index (χ4v) is 1.60. The van der Waals surface area contributed by atoms with Crippen LogP contribution >= 0.6 is 11.8 Å². The van der Waals surface area contributed by atoms with Crippen molar-refractivity contribution in [2.24, 2.45) is 10.7 Å². The van der Waals surface area contributed by atoms with Crippen LogP contribution in [0.3, 0.4) is 0 Å². The Kier molecular flexibility index (Phi) is 5.23. The predicted molar refractivity (Wildman–Crippen MR) is 67.2 cm³/mol. The third-order valence-electron chi connectivity index (χ3n) is 2.03. The first-order valence-electron chi connectivity index (χ1n) is 4.84. The number of nitrogens with zero attached hydrogens (tertiary/aromatic N) is 2. The molecule has 5 heteroatoms. The molecule has 1 rings (SSSR count). The monoisotopic (exact) mass is 234 g/mol. The maximum atomic E-state index is 8.29. The van der Waals surface area contributed by atoms with Crippen molar-refractivity contribution in [1.29, 1.82) is 5.26 Å². The van der Waals surface area contributed by atoms with Gasteiger partial charge in [0.05, 0.1) is 0 Å². The molecule has 0 spiro atoms. The fourth-order valence-electron chi connectivity index (χ4n) is 1.19. The SMILES string of the molecule is CSc1ccc(CCN=C(N)NC#N)cc1. The Balaban J connectivity index is 2.43. The van der Waals surface area contributed by atoms with Crippen LogP contribution in [0.25, 0.3) is 0 Å². The zero-order valence-electron chi connectivity index (χ0n) is 9.10. The highest BCUT2D eigenvalue weighted by atomic mass is 32.2. The highest BCUT2D eigenvalue weighted by Crippen LogP contribution is 2.14. The Morgan fingerprint density at radius 1 is 1.50 bits per heavy atom. The molecular formula is C11H14N4S. The standard InChI is InChI=1S/C11H14N4S/c1-16-10-4-2-9(3-5-10)6-7-14-11(13)15-8-12/h2-5H,6-7H2,1H3,(H3,13,14,15). The molecule has 0 saturated carbocycles. The number of nitrogens with two attached hydrogens (primary N) is 1. The number of nitrogens with one attached hydrogen (secondary N) is 1. The molecule has 0 fully saturated rings. The van der Waals surface area contributed by atoms with Gasteiger partial charge in [0.2, 0.25) is 5.96 Å². The largest absolute Gasteiger partial charge is 0.369 e. The van der Waals surface area contributed by atoms with E-state index >= 15 is 0 Å². The Hall–Kier alpha value is -1.67. The summed E-state index contributed by atoms with van der Waals surface area (Å²) in [6.07, 6.45) is 4.59. The minimum Gasteiger partial charge on any atom is -0.369 e. The molecule has 3 N–H and O–H groups in total. The van der Waals surface area contributed by atoms with E-state index in [1.54, 1.807) is 18.0 Å². The summed E-state index contributed by atoms with van der Waals surface area (Å²) in [7, 11) is 0. The minimum absolute atomic E-state index is 0.170. The van der Waals surface area contributed by atoms with Gasteiger partial charge in [-0.15, -0.1) is 11.8 Å². The first-order valence-corrected chi connectivity index (χ1v) is 6.06. The number of nitriles is 1. The van der Waals surface area contributed by atoms with Crippen molar-refractivity contribution in [1.82, 2.24) is 5.32 Å². The highest BCUT2D eigenvalue weighted by molar-refractivity contribution is 7.98. The second kappa shape index (κ2) is 6.75. The summed E-state index contributed by atoms with van der Waals surface area (Å²) in [6.45, 7) is 0.582. The lowest BCUT2D eigenvalue weighted by atomic mass is 10.1. The van der Waals surface area contributed by atoms with E-state index in [1.165, 1.54) is 10.5 Å². The average Bonchev–Trinajstić information content (AvgIpc) is 2.30. The van der Waals surface area contributed by atoms with Crippen molar-refractivity contribution in [3.63, 3.8) is 0 Å². The maximum Gasteiger partial charge on any atom is 0.202 e. The number of hydrogen-bond donors (Lipinski definition) is 2. The molecule has 0 radical (unpaired) electrons. The number of thioether (sulfide) groups is 1. The van der Waals surface area contributed by atoms with Crippen molar-refractivity contribution < 1.29 is 0 Å². The van der Waals surface area contributed by atoms with E-state index in [0.717, 1.165) is 6.42 Å². The second-order valence-corrected chi connectivity index (χ2v) is 3.98. The summed E-state index contributed by atoms with van der Waals surface area (Å²) >= 11 is 1.72.